The first-order valence-electron chi connectivity index (χ1n) is 10.2. The highest BCUT2D eigenvalue weighted by molar-refractivity contribution is 5.85. The van der Waals surface area contributed by atoms with Crippen LogP contribution in [0.15, 0.2) is 88.3 Å². The monoisotopic (exact) mass is 397 g/mol. The molecule has 0 bridgehead atoms. The van der Waals surface area contributed by atoms with E-state index in [-0.39, 0.29) is 11.2 Å². The minimum Gasteiger partial charge on any atom is -0.482 e. The third-order valence-corrected chi connectivity index (χ3v) is 5.79. The molecule has 4 heteroatoms. The molecule has 0 saturated carbocycles. The molecule has 2 heterocycles. The summed E-state index contributed by atoms with van der Waals surface area (Å²) in [6.45, 7) is 3.08. The van der Waals surface area contributed by atoms with Crippen molar-refractivity contribution >= 4 is 16.5 Å². The van der Waals surface area contributed by atoms with Crippen molar-refractivity contribution in [1.82, 2.24) is 0 Å². The van der Waals surface area contributed by atoms with Gasteiger partial charge in [-0.3, -0.25) is 4.79 Å². The average molecular weight is 397 g/mol. The molecule has 0 saturated heterocycles. The Kier molecular flexibility index (Phi) is 4.75. The maximum absolute atomic E-state index is 12.6. The first-order chi connectivity index (χ1) is 14.7. The van der Waals surface area contributed by atoms with Crippen molar-refractivity contribution in [2.45, 2.75) is 32.5 Å². The van der Waals surface area contributed by atoms with E-state index >= 15 is 0 Å². The quantitative estimate of drug-likeness (QED) is 0.457. The van der Waals surface area contributed by atoms with E-state index in [0.29, 0.717) is 25.0 Å². The van der Waals surface area contributed by atoms with Gasteiger partial charge >= 0.3 is 0 Å². The molecule has 0 radical (unpaired) electrons. The zero-order chi connectivity index (χ0) is 20.5. The molecule has 1 aliphatic rings. The number of rotatable bonds is 5. The molecule has 150 valence electrons. The highest BCUT2D eigenvalue weighted by atomic mass is 16.5. The number of anilines is 1. The van der Waals surface area contributed by atoms with Gasteiger partial charge in [0.1, 0.15) is 18.6 Å². The molecule has 1 aliphatic heterocycles. The predicted octanol–water partition coefficient (Wildman–Crippen LogP) is 5.32. The van der Waals surface area contributed by atoms with Crippen LogP contribution < -0.4 is 15.1 Å². The normalized spacial score (nSPS) is 15.4. The van der Waals surface area contributed by atoms with Crippen LogP contribution in [0.5, 0.6) is 5.75 Å². The number of hydrogen-bond acceptors (Lipinski definition) is 4. The van der Waals surface area contributed by atoms with Crippen LogP contribution in [0.3, 0.4) is 0 Å². The summed E-state index contributed by atoms with van der Waals surface area (Å²) in [6.07, 6.45) is 2.45. The SMILES string of the molecule is C[C@@H]1Cc2ccccc2N1Cc1cc(=O)c(OCc2cccc3ccccc23)co1. The average Bonchev–Trinajstić information content (AvgIpc) is 3.08. The van der Waals surface area contributed by atoms with Crippen molar-refractivity contribution in [3.05, 3.63) is 106 Å². The number of benzene rings is 3. The first-order valence-corrected chi connectivity index (χ1v) is 10.2. The summed E-state index contributed by atoms with van der Waals surface area (Å²) >= 11 is 0. The second-order valence-corrected chi connectivity index (χ2v) is 7.81. The molecule has 0 aliphatic carbocycles. The standard InChI is InChI=1S/C26H23NO3/c1-18-13-20-8-3-5-12-24(20)27(18)15-22-14-25(28)26(17-29-22)30-16-21-10-6-9-19-7-2-4-11-23(19)21/h2-12,14,17-18H,13,15-16H2,1H3/t18-/m1/s1. The Morgan fingerprint density at radius 3 is 2.73 bits per heavy atom. The van der Waals surface area contributed by atoms with Crippen LogP contribution >= 0.6 is 0 Å². The van der Waals surface area contributed by atoms with Crippen LogP contribution in [0.4, 0.5) is 5.69 Å². The van der Waals surface area contributed by atoms with Gasteiger partial charge in [-0.25, -0.2) is 0 Å². The fourth-order valence-corrected chi connectivity index (χ4v) is 4.24. The molecule has 0 fully saturated rings. The van der Waals surface area contributed by atoms with Crippen molar-refractivity contribution in [3.63, 3.8) is 0 Å². The molecular formula is C26H23NO3. The van der Waals surface area contributed by atoms with E-state index in [1.165, 1.54) is 17.5 Å². The number of fused-ring (bicyclic) bond motifs is 2. The highest BCUT2D eigenvalue weighted by Crippen LogP contribution is 2.33. The van der Waals surface area contributed by atoms with Gasteiger partial charge in [0.2, 0.25) is 11.2 Å². The lowest BCUT2D eigenvalue weighted by atomic mass is 10.1. The summed E-state index contributed by atoms with van der Waals surface area (Å²) in [4.78, 5) is 14.9. The third kappa shape index (κ3) is 3.45. The Balaban J connectivity index is 1.32. The largest absolute Gasteiger partial charge is 0.482 e. The van der Waals surface area contributed by atoms with Crippen LogP contribution in [0.1, 0.15) is 23.8 Å². The van der Waals surface area contributed by atoms with Crippen LogP contribution in [-0.2, 0) is 19.6 Å². The lowest BCUT2D eigenvalue weighted by Gasteiger charge is -2.24. The Morgan fingerprint density at radius 2 is 1.83 bits per heavy atom. The molecule has 0 N–H and O–H groups in total. The van der Waals surface area contributed by atoms with Crippen LogP contribution in [0.2, 0.25) is 0 Å². The van der Waals surface area contributed by atoms with Gasteiger partial charge in [0.25, 0.3) is 0 Å². The summed E-state index contributed by atoms with van der Waals surface area (Å²) in [6, 6.07) is 24.6. The molecule has 1 aromatic heterocycles. The molecule has 0 unspecified atom stereocenters. The van der Waals surface area contributed by atoms with E-state index in [9.17, 15) is 4.79 Å². The molecule has 5 rings (SSSR count). The van der Waals surface area contributed by atoms with Gasteiger partial charge in [-0.05, 0) is 41.3 Å². The van der Waals surface area contributed by atoms with Gasteiger partial charge < -0.3 is 14.1 Å². The smallest absolute Gasteiger partial charge is 0.227 e. The number of para-hydroxylation sites is 1. The van der Waals surface area contributed by atoms with Gasteiger partial charge in [-0.15, -0.1) is 0 Å². The fraction of sp³-hybridized carbons (Fsp3) is 0.192. The van der Waals surface area contributed by atoms with E-state index < -0.39 is 0 Å². The van der Waals surface area contributed by atoms with Gasteiger partial charge in [0.15, 0.2) is 0 Å². The Hall–Kier alpha value is -3.53. The molecule has 3 aromatic carbocycles. The zero-order valence-electron chi connectivity index (χ0n) is 16.9. The fourth-order valence-electron chi connectivity index (χ4n) is 4.24. The topological polar surface area (TPSA) is 42.7 Å². The summed E-state index contributed by atoms with van der Waals surface area (Å²) in [7, 11) is 0. The van der Waals surface area contributed by atoms with Crippen molar-refractivity contribution in [3.8, 4) is 5.75 Å². The third-order valence-electron chi connectivity index (χ3n) is 5.79. The van der Waals surface area contributed by atoms with E-state index in [4.69, 9.17) is 9.15 Å². The van der Waals surface area contributed by atoms with Gasteiger partial charge in [-0.2, -0.15) is 0 Å². The lowest BCUT2D eigenvalue weighted by Crippen LogP contribution is -2.29. The van der Waals surface area contributed by atoms with Crippen molar-refractivity contribution in [1.29, 1.82) is 0 Å². The molecule has 4 nitrogen and oxygen atoms in total. The second kappa shape index (κ2) is 7.71. The minimum atomic E-state index is -0.156. The molecule has 0 amide bonds. The second-order valence-electron chi connectivity index (χ2n) is 7.81. The van der Waals surface area contributed by atoms with E-state index in [2.05, 4.69) is 48.2 Å². The Labute approximate surface area is 175 Å². The molecule has 1 atom stereocenters. The van der Waals surface area contributed by atoms with Crippen LogP contribution in [-0.4, -0.2) is 6.04 Å². The predicted molar refractivity (Wildman–Crippen MR) is 119 cm³/mol. The van der Waals surface area contributed by atoms with Gasteiger partial charge in [0, 0.05) is 17.8 Å². The zero-order valence-corrected chi connectivity index (χ0v) is 16.9. The number of ether oxygens (including phenoxy) is 1. The van der Waals surface area contributed by atoms with E-state index in [1.54, 1.807) is 6.07 Å². The number of hydrogen-bond donors (Lipinski definition) is 0. The number of nitrogens with zero attached hydrogens (tertiary/aromatic N) is 1. The molecular weight excluding hydrogens is 374 g/mol. The van der Waals surface area contributed by atoms with Gasteiger partial charge in [0.05, 0.1) is 6.54 Å². The van der Waals surface area contributed by atoms with Gasteiger partial charge in [-0.1, -0.05) is 60.7 Å². The maximum Gasteiger partial charge on any atom is 0.227 e. The van der Waals surface area contributed by atoms with E-state index in [1.807, 2.05) is 30.3 Å². The van der Waals surface area contributed by atoms with E-state index in [0.717, 1.165) is 22.8 Å². The lowest BCUT2D eigenvalue weighted by molar-refractivity contribution is 0.290. The minimum absolute atomic E-state index is 0.156. The molecule has 30 heavy (non-hydrogen) atoms. The summed E-state index contributed by atoms with van der Waals surface area (Å²) in [5.41, 5.74) is 3.43. The summed E-state index contributed by atoms with van der Waals surface area (Å²) in [5.74, 6) is 0.877. The van der Waals surface area contributed by atoms with Crippen molar-refractivity contribution in [2.24, 2.45) is 0 Å². The van der Waals surface area contributed by atoms with Crippen LogP contribution in [0, 0.1) is 0 Å². The Bertz CT molecular complexity index is 1260. The Morgan fingerprint density at radius 1 is 1.03 bits per heavy atom. The van der Waals surface area contributed by atoms with Crippen LogP contribution in [0.25, 0.3) is 10.8 Å². The molecule has 4 aromatic rings. The molecule has 0 spiro atoms. The van der Waals surface area contributed by atoms with Crippen molar-refractivity contribution in [2.75, 3.05) is 4.90 Å². The first kappa shape index (κ1) is 18.5. The maximum atomic E-state index is 12.6. The summed E-state index contributed by atoms with van der Waals surface area (Å²) in [5, 5.41) is 2.28. The summed E-state index contributed by atoms with van der Waals surface area (Å²) < 4.78 is 11.6. The van der Waals surface area contributed by atoms with Crippen molar-refractivity contribution < 1.29 is 9.15 Å². The highest BCUT2D eigenvalue weighted by Gasteiger charge is 2.26.